The normalized spacial score (nSPS) is 11.5. The average Bonchev–Trinajstić information content (AvgIpc) is 4.33. The number of aromatic nitrogens is 2. The highest BCUT2D eigenvalue weighted by Gasteiger charge is 2.17. The summed E-state index contributed by atoms with van der Waals surface area (Å²) in [7, 11) is 0. The third-order valence-corrected chi connectivity index (χ3v) is 15.6. The lowest BCUT2D eigenvalue weighted by Gasteiger charge is -2.13. The van der Waals surface area contributed by atoms with Crippen LogP contribution < -0.4 is 0 Å². The number of nitriles is 1. The zero-order valence-corrected chi connectivity index (χ0v) is 43.0. The Hall–Kier alpha value is -11.2. The highest BCUT2D eigenvalue weighted by atomic mass is 16.3. The van der Waals surface area contributed by atoms with Crippen LogP contribution in [0, 0.1) is 17.9 Å². The summed E-state index contributed by atoms with van der Waals surface area (Å²) >= 11 is 0. The first-order valence-corrected chi connectivity index (χ1v) is 26.6. The second-order valence-corrected chi connectivity index (χ2v) is 20.2. The zero-order chi connectivity index (χ0) is 53.3. The van der Waals surface area contributed by atoms with Crippen LogP contribution in [0.3, 0.4) is 0 Å². The van der Waals surface area contributed by atoms with Crippen molar-refractivity contribution in [3.63, 3.8) is 0 Å². The Kier molecular flexibility index (Phi) is 10.9. The molecule has 80 heavy (non-hydrogen) atoms. The van der Waals surface area contributed by atoms with Gasteiger partial charge in [0.2, 0.25) is 0 Å². The standard InChI is InChI=1S/C38H22N4.C36H22O2/c1-40-28-17-18-38-34(23-28)33-13-4-7-16-37(33)42(38)30-20-25(24-39)19-27(22-30)26-9-8-10-29(21-26)41-35-14-5-2-11-31(35)32-12-3-6-15-36(32)41;1-3-13-33-29(11-1)31-21-27(15-17-35(31)37-33)25-9-5-7-23(19-25)24-8-6-10-26(20-24)28-16-18-36-32(22-28)30-12-2-4-14-34(30)38-36/h2-23H;1-22H. The number of fused-ring (bicyclic) bond motifs is 12. The van der Waals surface area contributed by atoms with Crippen LogP contribution in [0.4, 0.5) is 5.69 Å². The Morgan fingerprint density at radius 1 is 0.300 bits per heavy atom. The van der Waals surface area contributed by atoms with Gasteiger partial charge < -0.3 is 18.0 Å². The summed E-state index contributed by atoms with van der Waals surface area (Å²) < 4.78 is 16.6. The molecular weight excluding hydrogens is 977 g/mol. The van der Waals surface area contributed by atoms with Gasteiger partial charge in [0.05, 0.1) is 40.3 Å². The highest BCUT2D eigenvalue weighted by Crippen LogP contribution is 2.40. The first-order valence-electron chi connectivity index (χ1n) is 26.6. The van der Waals surface area contributed by atoms with Crippen molar-refractivity contribution in [1.82, 2.24) is 9.13 Å². The third kappa shape index (κ3) is 7.79. The molecule has 6 nitrogen and oxygen atoms in total. The van der Waals surface area contributed by atoms with E-state index in [-0.39, 0.29) is 0 Å². The van der Waals surface area contributed by atoms with Crippen molar-refractivity contribution < 1.29 is 8.83 Å². The second kappa shape index (κ2) is 18.8. The zero-order valence-electron chi connectivity index (χ0n) is 43.0. The van der Waals surface area contributed by atoms with E-state index in [0.29, 0.717) is 11.3 Å². The molecule has 16 rings (SSSR count). The molecule has 0 saturated carbocycles. The minimum atomic E-state index is 0.591. The van der Waals surface area contributed by atoms with E-state index in [4.69, 9.17) is 15.4 Å². The molecule has 372 valence electrons. The minimum Gasteiger partial charge on any atom is -0.456 e. The van der Waals surface area contributed by atoms with Gasteiger partial charge in [-0.15, -0.1) is 0 Å². The van der Waals surface area contributed by atoms with Crippen LogP contribution >= 0.6 is 0 Å². The number of rotatable bonds is 6. The number of benzene rings is 12. The van der Waals surface area contributed by atoms with Gasteiger partial charge in [0, 0.05) is 49.1 Å². The van der Waals surface area contributed by atoms with Crippen LogP contribution in [0.25, 0.3) is 148 Å². The minimum absolute atomic E-state index is 0.591. The number of para-hydroxylation sites is 5. The topological polar surface area (TPSA) is 64.3 Å². The fourth-order valence-electron chi connectivity index (χ4n) is 11.9. The van der Waals surface area contributed by atoms with Gasteiger partial charge >= 0.3 is 0 Å². The van der Waals surface area contributed by atoms with Crippen molar-refractivity contribution in [2.24, 2.45) is 0 Å². The molecule has 0 aliphatic carbocycles. The summed E-state index contributed by atoms with van der Waals surface area (Å²) in [6, 6.07) is 94.9. The predicted molar refractivity (Wildman–Crippen MR) is 329 cm³/mol. The van der Waals surface area contributed by atoms with E-state index >= 15 is 0 Å². The van der Waals surface area contributed by atoms with E-state index in [0.717, 1.165) is 99.2 Å². The van der Waals surface area contributed by atoms with Gasteiger partial charge in [0.15, 0.2) is 5.69 Å². The molecule has 12 aromatic carbocycles. The molecule has 0 bridgehead atoms. The quantitative estimate of drug-likeness (QED) is 0.156. The molecule has 6 heteroatoms. The molecule has 0 aliphatic rings. The van der Waals surface area contributed by atoms with Crippen molar-refractivity contribution in [3.05, 3.63) is 284 Å². The highest BCUT2D eigenvalue weighted by molar-refractivity contribution is 6.12. The molecule has 0 fully saturated rings. The van der Waals surface area contributed by atoms with Crippen LogP contribution in [0.5, 0.6) is 0 Å². The summed E-state index contributed by atoms with van der Waals surface area (Å²) in [6.45, 7) is 7.51. The van der Waals surface area contributed by atoms with Crippen LogP contribution in [-0.4, -0.2) is 9.13 Å². The van der Waals surface area contributed by atoms with Gasteiger partial charge in [0.25, 0.3) is 0 Å². The Balaban J connectivity index is 0.000000139. The smallest absolute Gasteiger partial charge is 0.188 e. The molecule has 0 radical (unpaired) electrons. The van der Waals surface area contributed by atoms with E-state index < -0.39 is 0 Å². The Morgan fingerprint density at radius 3 is 1.24 bits per heavy atom. The lowest BCUT2D eigenvalue weighted by Crippen LogP contribution is -1.97. The van der Waals surface area contributed by atoms with Crippen molar-refractivity contribution >= 4 is 93.2 Å². The van der Waals surface area contributed by atoms with Crippen LogP contribution in [0.2, 0.25) is 0 Å². The average molecular weight is 1020 g/mol. The van der Waals surface area contributed by atoms with Crippen molar-refractivity contribution in [3.8, 4) is 62.0 Å². The van der Waals surface area contributed by atoms with Gasteiger partial charge in [-0.2, -0.15) is 5.26 Å². The van der Waals surface area contributed by atoms with Crippen LogP contribution in [-0.2, 0) is 0 Å². The molecule has 4 heterocycles. The predicted octanol–water partition coefficient (Wildman–Crippen LogP) is 20.5. The maximum absolute atomic E-state index is 10.1. The van der Waals surface area contributed by atoms with Gasteiger partial charge in [-0.3, -0.25) is 0 Å². The summed E-state index contributed by atoms with van der Waals surface area (Å²) in [5, 5.41) is 19.2. The van der Waals surface area contributed by atoms with Gasteiger partial charge in [-0.1, -0.05) is 158 Å². The molecule has 0 amide bonds. The van der Waals surface area contributed by atoms with Crippen molar-refractivity contribution in [2.45, 2.75) is 0 Å². The van der Waals surface area contributed by atoms with E-state index in [1.807, 2.05) is 66.7 Å². The summed E-state index contributed by atoms with van der Waals surface area (Å²) in [5.74, 6) is 0. The van der Waals surface area contributed by atoms with E-state index in [1.54, 1.807) is 0 Å². The summed E-state index contributed by atoms with van der Waals surface area (Å²) in [6.07, 6.45) is 0. The molecular formula is C74H44N4O2. The first kappa shape index (κ1) is 46.1. The molecule has 0 saturated heterocycles. The van der Waals surface area contributed by atoms with Gasteiger partial charge in [0.1, 0.15) is 22.3 Å². The maximum atomic E-state index is 10.1. The SMILES string of the molecule is [C-]#[N+]c1ccc2c(c1)c1ccccc1n2-c1cc(C#N)cc(-c2cccc(-n3c4ccccc4c4ccccc43)c2)c1.c1cc(-c2cccc(-c3ccc4oc5ccccc5c4c3)c2)cc(-c2ccc3oc4ccccc4c3c2)c1. The van der Waals surface area contributed by atoms with Gasteiger partial charge in [-0.05, 0) is 159 Å². The number of hydrogen-bond acceptors (Lipinski definition) is 3. The Morgan fingerprint density at radius 2 is 0.713 bits per heavy atom. The van der Waals surface area contributed by atoms with E-state index in [1.165, 1.54) is 44.2 Å². The maximum Gasteiger partial charge on any atom is 0.188 e. The number of hydrogen-bond donors (Lipinski definition) is 0. The summed E-state index contributed by atoms with van der Waals surface area (Å²) in [4.78, 5) is 3.65. The molecule has 0 N–H and O–H groups in total. The molecule has 0 spiro atoms. The van der Waals surface area contributed by atoms with Crippen LogP contribution in [0.1, 0.15) is 5.56 Å². The fraction of sp³-hybridized carbons (Fsp3) is 0. The van der Waals surface area contributed by atoms with E-state index in [9.17, 15) is 5.26 Å². The largest absolute Gasteiger partial charge is 0.456 e. The molecule has 0 unspecified atom stereocenters. The van der Waals surface area contributed by atoms with Gasteiger partial charge in [-0.25, -0.2) is 4.85 Å². The van der Waals surface area contributed by atoms with Crippen molar-refractivity contribution in [1.29, 1.82) is 5.26 Å². The van der Waals surface area contributed by atoms with Crippen molar-refractivity contribution in [2.75, 3.05) is 0 Å². The molecule has 0 atom stereocenters. The molecule has 4 aromatic heterocycles. The Labute approximate surface area is 459 Å². The summed E-state index contributed by atoms with van der Waals surface area (Å²) in [5.41, 5.74) is 20.3. The van der Waals surface area contributed by atoms with Crippen LogP contribution in [0.15, 0.2) is 276 Å². The monoisotopic (exact) mass is 1020 g/mol. The third-order valence-electron chi connectivity index (χ3n) is 15.6. The molecule has 0 aliphatic heterocycles. The lowest BCUT2D eigenvalue weighted by atomic mass is 9.95. The lowest BCUT2D eigenvalue weighted by molar-refractivity contribution is 0.668. The van der Waals surface area contributed by atoms with E-state index in [2.05, 4.69) is 220 Å². The number of nitrogens with zero attached hydrogens (tertiary/aromatic N) is 4. The second-order valence-electron chi connectivity index (χ2n) is 20.2. The Bertz CT molecular complexity index is 5040. The fourth-order valence-corrected chi connectivity index (χ4v) is 11.9. The molecule has 16 aromatic rings. The first-order chi connectivity index (χ1) is 39.5. The number of furan rings is 2.